The zero-order valence-electron chi connectivity index (χ0n) is 17.8. The van der Waals surface area contributed by atoms with Crippen molar-refractivity contribution >= 4 is 61.0 Å². The summed E-state index contributed by atoms with van der Waals surface area (Å²) in [4.78, 5) is 17.1. The van der Waals surface area contributed by atoms with Crippen LogP contribution in [0.3, 0.4) is 0 Å². The number of hydrogen-bond donors (Lipinski definition) is 1. The molecule has 1 amide bonds. The molecule has 0 aliphatic carbocycles. The summed E-state index contributed by atoms with van der Waals surface area (Å²) in [7, 11) is 0. The smallest absolute Gasteiger partial charge is 0.236 e. The molecule has 170 valence electrons. The average Bonchev–Trinajstić information content (AvgIpc) is 3.57. The summed E-state index contributed by atoms with van der Waals surface area (Å²) in [6.45, 7) is 4.32. The first-order valence-corrected chi connectivity index (χ1v) is 12.9. The Morgan fingerprint density at radius 1 is 1.21 bits per heavy atom. The molecular formula is C24H18BrN5O2S2. The minimum absolute atomic E-state index is 0.165. The number of halogens is 1. The van der Waals surface area contributed by atoms with Gasteiger partial charge in [0, 0.05) is 27.3 Å². The number of allylic oxidation sites excluding steroid dienone is 1. The van der Waals surface area contributed by atoms with Crippen molar-refractivity contribution < 1.29 is 9.21 Å². The molecule has 0 aliphatic heterocycles. The van der Waals surface area contributed by atoms with Crippen LogP contribution in [0.1, 0.15) is 0 Å². The molecule has 5 aromatic rings. The van der Waals surface area contributed by atoms with Gasteiger partial charge in [-0.05, 0) is 24.3 Å². The van der Waals surface area contributed by atoms with E-state index >= 15 is 0 Å². The summed E-state index contributed by atoms with van der Waals surface area (Å²) >= 11 is 6.17. The lowest BCUT2D eigenvalue weighted by molar-refractivity contribution is -0.113. The lowest BCUT2D eigenvalue weighted by Crippen LogP contribution is -2.14. The van der Waals surface area contributed by atoms with Crippen LogP contribution in [-0.4, -0.2) is 31.4 Å². The van der Waals surface area contributed by atoms with Crippen LogP contribution in [0.25, 0.3) is 33.8 Å². The van der Waals surface area contributed by atoms with E-state index in [1.54, 1.807) is 6.08 Å². The van der Waals surface area contributed by atoms with Gasteiger partial charge in [-0.25, -0.2) is 4.98 Å². The lowest BCUT2D eigenvalue weighted by atomic mass is 10.2. The van der Waals surface area contributed by atoms with Gasteiger partial charge in [0.15, 0.2) is 16.0 Å². The Hall–Kier alpha value is -3.21. The van der Waals surface area contributed by atoms with Gasteiger partial charge in [0.25, 0.3) is 0 Å². The van der Waals surface area contributed by atoms with Gasteiger partial charge in [0.2, 0.25) is 11.7 Å². The number of hydrogen-bond acceptors (Lipinski definition) is 7. The summed E-state index contributed by atoms with van der Waals surface area (Å²) in [5.41, 5.74) is 2.61. The number of thiazole rings is 1. The quantitative estimate of drug-likeness (QED) is 0.175. The molecule has 0 unspecified atom stereocenters. The Kier molecular flexibility index (Phi) is 6.61. The summed E-state index contributed by atoms with van der Waals surface area (Å²) in [5, 5.41) is 15.5. The van der Waals surface area contributed by atoms with Crippen LogP contribution in [0.15, 0.2) is 86.7 Å². The second kappa shape index (κ2) is 9.96. The summed E-state index contributed by atoms with van der Waals surface area (Å²) in [5.74, 6) is 1.20. The maximum atomic E-state index is 12.6. The number of thioether (sulfide) groups is 1. The van der Waals surface area contributed by atoms with Crippen molar-refractivity contribution in [2.75, 3.05) is 11.1 Å². The van der Waals surface area contributed by atoms with E-state index in [9.17, 15) is 4.79 Å². The third kappa shape index (κ3) is 4.84. The fraction of sp³-hybridized carbons (Fsp3) is 0.0833. The highest BCUT2D eigenvalue weighted by molar-refractivity contribution is 9.10. The fourth-order valence-corrected chi connectivity index (χ4v) is 5.22. The zero-order valence-corrected chi connectivity index (χ0v) is 21.0. The van der Waals surface area contributed by atoms with E-state index in [0.717, 1.165) is 26.7 Å². The van der Waals surface area contributed by atoms with Crippen LogP contribution in [0.4, 0.5) is 5.13 Å². The largest absolute Gasteiger partial charge is 0.453 e. The number of fused-ring (bicyclic) bond motifs is 1. The average molecular weight is 552 g/mol. The normalized spacial score (nSPS) is 11.1. The molecule has 0 atom stereocenters. The standard InChI is InChI=1S/C24H18BrN5O2S2/c1-2-10-30-22(20-12-16-11-17(25)8-9-19(16)32-20)28-29-24(30)34-14-21(31)27-23-26-18(13-33-23)15-6-4-3-5-7-15/h2-9,11-13H,1,10,14H2,(H,26,27,31). The van der Waals surface area contributed by atoms with Crippen LogP contribution in [0, 0.1) is 0 Å². The number of anilines is 1. The van der Waals surface area contributed by atoms with Crippen LogP contribution in [0.2, 0.25) is 0 Å². The highest BCUT2D eigenvalue weighted by Crippen LogP contribution is 2.31. The third-order valence-electron chi connectivity index (χ3n) is 4.88. The van der Waals surface area contributed by atoms with Gasteiger partial charge in [-0.2, -0.15) is 0 Å². The number of benzene rings is 2. The first kappa shape index (κ1) is 22.6. The predicted molar refractivity (Wildman–Crippen MR) is 140 cm³/mol. The van der Waals surface area contributed by atoms with Gasteiger partial charge in [0.05, 0.1) is 11.4 Å². The van der Waals surface area contributed by atoms with E-state index in [4.69, 9.17) is 4.42 Å². The highest BCUT2D eigenvalue weighted by atomic mass is 79.9. The van der Waals surface area contributed by atoms with Gasteiger partial charge in [0.1, 0.15) is 5.58 Å². The molecule has 5 rings (SSSR count). The molecule has 3 heterocycles. The Labute approximate surface area is 212 Å². The number of rotatable bonds is 8. The minimum Gasteiger partial charge on any atom is -0.453 e. The lowest BCUT2D eigenvalue weighted by Gasteiger charge is -2.06. The highest BCUT2D eigenvalue weighted by Gasteiger charge is 2.18. The molecule has 0 spiro atoms. The maximum Gasteiger partial charge on any atom is 0.236 e. The van der Waals surface area contributed by atoms with Crippen molar-refractivity contribution in [3.63, 3.8) is 0 Å². The molecule has 0 radical (unpaired) electrons. The predicted octanol–water partition coefficient (Wildman–Crippen LogP) is 6.49. The molecule has 0 aliphatic rings. The van der Waals surface area contributed by atoms with E-state index in [0.29, 0.717) is 28.4 Å². The molecular weight excluding hydrogens is 534 g/mol. The Bertz CT molecular complexity index is 1480. The Morgan fingerprint density at radius 3 is 2.88 bits per heavy atom. The van der Waals surface area contributed by atoms with Gasteiger partial charge in [-0.1, -0.05) is 64.1 Å². The monoisotopic (exact) mass is 551 g/mol. The number of nitrogens with one attached hydrogen (secondary N) is 1. The maximum absolute atomic E-state index is 12.6. The van der Waals surface area contributed by atoms with Gasteiger partial charge in [-0.15, -0.1) is 28.1 Å². The number of furan rings is 1. The number of amides is 1. The summed E-state index contributed by atoms with van der Waals surface area (Å²) in [6.07, 6.45) is 1.76. The van der Waals surface area contributed by atoms with Gasteiger partial charge >= 0.3 is 0 Å². The van der Waals surface area contributed by atoms with Crippen molar-refractivity contribution in [3.05, 3.63) is 77.1 Å². The molecule has 0 saturated heterocycles. The van der Waals surface area contributed by atoms with E-state index in [-0.39, 0.29) is 11.7 Å². The molecule has 7 nitrogen and oxygen atoms in total. The molecule has 0 saturated carbocycles. The molecule has 34 heavy (non-hydrogen) atoms. The van der Waals surface area contributed by atoms with Gasteiger partial charge in [-0.3, -0.25) is 9.36 Å². The fourth-order valence-electron chi connectivity index (χ4n) is 3.35. The van der Waals surface area contributed by atoms with Crippen molar-refractivity contribution in [2.24, 2.45) is 0 Å². The van der Waals surface area contributed by atoms with E-state index in [1.807, 2.05) is 64.5 Å². The Morgan fingerprint density at radius 2 is 2.06 bits per heavy atom. The summed E-state index contributed by atoms with van der Waals surface area (Å²) < 4.78 is 8.83. The SMILES string of the molecule is C=CCn1c(SCC(=O)Nc2nc(-c3ccccc3)cs2)nnc1-c1cc2cc(Br)ccc2o1. The Balaban J connectivity index is 1.29. The minimum atomic E-state index is -0.165. The first-order valence-electron chi connectivity index (χ1n) is 10.3. The van der Waals surface area contributed by atoms with Gasteiger partial charge < -0.3 is 9.73 Å². The molecule has 1 N–H and O–H groups in total. The molecule has 0 fully saturated rings. The first-order chi connectivity index (χ1) is 16.6. The third-order valence-corrected chi connectivity index (χ3v) is 7.10. The second-order valence-electron chi connectivity index (χ2n) is 7.24. The van der Waals surface area contributed by atoms with Crippen molar-refractivity contribution in [3.8, 4) is 22.8 Å². The van der Waals surface area contributed by atoms with E-state index in [1.165, 1.54) is 23.1 Å². The van der Waals surface area contributed by atoms with Crippen molar-refractivity contribution in [2.45, 2.75) is 11.7 Å². The zero-order chi connectivity index (χ0) is 23.5. The van der Waals surface area contributed by atoms with E-state index < -0.39 is 0 Å². The van der Waals surface area contributed by atoms with Crippen LogP contribution in [0.5, 0.6) is 0 Å². The van der Waals surface area contributed by atoms with E-state index in [2.05, 4.69) is 43.0 Å². The topological polar surface area (TPSA) is 85.8 Å². The molecule has 2 aromatic carbocycles. The molecule has 3 aromatic heterocycles. The number of aromatic nitrogens is 4. The van der Waals surface area contributed by atoms with Crippen LogP contribution < -0.4 is 5.32 Å². The van der Waals surface area contributed by atoms with Crippen molar-refractivity contribution in [1.82, 2.24) is 19.7 Å². The van der Waals surface area contributed by atoms with Crippen LogP contribution in [-0.2, 0) is 11.3 Å². The molecule has 0 bridgehead atoms. The second-order valence-corrected chi connectivity index (χ2v) is 9.96. The molecule has 10 heteroatoms. The number of nitrogens with zero attached hydrogens (tertiary/aromatic N) is 4. The van der Waals surface area contributed by atoms with Crippen molar-refractivity contribution in [1.29, 1.82) is 0 Å². The summed E-state index contributed by atoms with van der Waals surface area (Å²) in [6, 6.07) is 17.6. The number of carbonyl (C=O) groups is 1. The number of carbonyl (C=O) groups excluding carboxylic acids is 1. The van der Waals surface area contributed by atoms with Crippen LogP contribution >= 0.6 is 39.0 Å².